The normalized spacial score (nSPS) is 23.6. The third-order valence-corrected chi connectivity index (χ3v) is 3.70. The number of pyridine rings is 1. The van der Waals surface area contributed by atoms with Crippen LogP contribution in [-0.4, -0.2) is 17.4 Å². The highest BCUT2D eigenvalue weighted by Gasteiger charge is 2.18. The Balaban J connectivity index is 1.83. The standard InChI is InChI=1S/C14H20N2O2/c1-10-5-7-11(8-6-10)9-15-14(18)12-3-2-4-13(17)16-12/h2-4,10-11H,5-9H2,1H3,(H,15,18)(H,16,17). The number of carbonyl (C=O) groups is 1. The van der Waals surface area contributed by atoms with Crippen LogP contribution in [-0.2, 0) is 0 Å². The molecule has 0 aliphatic heterocycles. The van der Waals surface area contributed by atoms with Gasteiger partial charge in [-0.3, -0.25) is 9.59 Å². The molecule has 0 unspecified atom stereocenters. The summed E-state index contributed by atoms with van der Waals surface area (Å²) >= 11 is 0. The van der Waals surface area contributed by atoms with Crippen molar-refractivity contribution in [1.82, 2.24) is 10.3 Å². The Hall–Kier alpha value is -1.58. The predicted octanol–water partition coefficient (Wildman–Crippen LogP) is 1.93. The van der Waals surface area contributed by atoms with Gasteiger partial charge in [0.1, 0.15) is 5.69 Å². The largest absolute Gasteiger partial charge is 0.350 e. The van der Waals surface area contributed by atoms with Gasteiger partial charge in [0.05, 0.1) is 0 Å². The summed E-state index contributed by atoms with van der Waals surface area (Å²) in [5, 5.41) is 2.90. The second kappa shape index (κ2) is 5.85. The van der Waals surface area contributed by atoms with E-state index >= 15 is 0 Å². The number of nitrogens with one attached hydrogen (secondary N) is 2. The van der Waals surface area contributed by atoms with Crippen LogP contribution in [0.1, 0.15) is 43.1 Å². The van der Waals surface area contributed by atoms with E-state index in [1.165, 1.54) is 31.7 Å². The minimum atomic E-state index is -0.242. The van der Waals surface area contributed by atoms with Gasteiger partial charge in [-0.1, -0.05) is 25.8 Å². The van der Waals surface area contributed by atoms with E-state index in [9.17, 15) is 9.59 Å². The lowest BCUT2D eigenvalue weighted by atomic mass is 9.83. The fourth-order valence-corrected chi connectivity index (χ4v) is 2.45. The number of amides is 1. The number of carbonyl (C=O) groups excluding carboxylic acids is 1. The zero-order valence-corrected chi connectivity index (χ0v) is 10.7. The van der Waals surface area contributed by atoms with Gasteiger partial charge in [0, 0.05) is 12.6 Å². The number of aromatic nitrogens is 1. The summed E-state index contributed by atoms with van der Waals surface area (Å²) in [6, 6.07) is 4.62. The SMILES string of the molecule is CC1CCC(CNC(=O)c2cccc(=O)[nH]2)CC1. The minimum absolute atomic E-state index is 0.189. The molecular weight excluding hydrogens is 228 g/mol. The molecule has 0 atom stereocenters. The second-order valence-electron chi connectivity index (χ2n) is 5.26. The van der Waals surface area contributed by atoms with Crippen molar-refractivity contribution in [2.24, 2.45) is 11.8 Å². The van der Waals surface area contributed by atoms with Crippen LogP contribution < -0.4 is 10.9 Å². The second-order valence-corrected chi connectivity index (χ2v) is 5.26. The van der Waals surface area contributed by atoms with Crippen LogP contribution in [0.5, 0.6) is 0 Å². The Morgan fingerprint density at radius 3 is 2.72 bits per heavy atom. The zero-order chi connectivity index (χ0) is 13.0. The molecule has 1 aliphatic rings. The lowest BCUT2D eigenvalue weighted by Crippen LogP contribution is -2.32. The number of hydrogen-bond acceptors (Lipinski definition) is 2. The molecular formula is C14H20N2O2. The summed E-state index contributed by atoms with van der Waals surface area (Å²) < 4.78 is 0. The summed E-state index contributed by atoms with van der Waals surface area (Å²) in [4.78, 5) is 25.5. The molecule has 0 saturated heterocycles. The fourth-order valence-electron chi connectivity index (χ4n) is 2.45. The first kappa shape index (κ1) is 12.9. The lowest BCUT2D eigenvalue weighted by molar-refractivity contribution is 0.0936. The van der Waals surface area contributed by atoms with Crippen LogP contribution in [0.2, 0.25) is 0 Å². The van der Waals surface area contributed by atoms with E-state index < -0.39 is 0 Å². The highest BCUT2D eigenvalue weighted by atomic mass is 16.2. The summed E-state index contributed by atoms with van der Waals surface area (Å²) in [6.45, 7) is 2.99. The van der Waals surface area contributed by atoms with Gasteiger partial charge in [-0.15, -0.1) is 0 Å². The van der Waals surface area contributed by atoms with Crippen molar-refractivity contribution in [3.8, 4) is 0 Å². The smallest absolute Gasteiger partial charge is 0.267 e. The third kappa shape index (κ3) is 3.45. The number of H-pyrrole nitrogens is 1. The van der Waals surface area contributed by atoms with E-state index in [0.29, 0.717) is 18.2 Å². The maximum absolute atomic E-state index is 11.8. The van der Waals surface area contributed by atoms with Crippen LogP contribution in [0.25, 0.3) is 0 Å². The van der Waals surface area contributed by atoms with E-state index in [1.54, 1.807) is 12.1 Å². The molecule has 2 N–H and O–H groups in total. The highest BCUT2D eigenvalue weighted by Crippen LogP contribution is 2.27. The van der Waals surface area contributed by atoms with Crippen LogP contribution in [0.15, 0.2) is 23.0 Å². The maximum Gasteiger partial charge on any atom is 0.267 e. The monoisotopic (exact) mass is 248 g/mol. The molecule has 4 heteroatoms. The number of rotatable bonds is 3. The van der Waals surface area contributed by atoms with Gasteiger partial charge >= 0.3 is 0 Å². The summed E-state index contributed by atoms with van der Waals surface area (Å²) in [6.07, 6.45) is 4.88. The molecule has 1 amide bonds. The third-order valence-electron chi connectivity index (χ3n) is 3.70. The first-order valence-corrected chi connectivity index (χ1v) is 6.62. The van der Waals surface area contributed by atoms with Gasteiger partial charge in [0.2, 0.25) is 5.56 Å². The lowest BCUT2D eigenvalue weighted by Gasteiger charge is -2.26. The van der Waals surface area contributed by atoms with Crippen molar-refractivity contribution in [1.29, 1.82) is 0 Å². The molecule has 1 aliphatic carbocycles. The molecule has 1 fully saturated rings. The van der Waals surface area contributed by atoms with Gasteiger partial charge < -0.3 is 10.3 Å². The van der Waals surface area contributed by atoms with Gasteiger partial charge in [0.15, 0.2) is 0 Å². The number of aromatic amines is 1. The van der Waals surface area contributed by atoms with Gasteiger partial charge in [-0.05, 0) is 30.7 Å². The highest BCUT2D eigenvalue weighted by molar-refractivity contribution is 5.92. The molecule has 98 valence electrons. The molecule has 1 saturated carbocycles. The predicted molar refractivity (Wildman–Crippen MR) is 70.5 cm³/mol. The first-order chi connectivity index (χ1) is 8.65. The fraction of sp³-hybridized carbons (Fsp3) is 0.571. The van der Waals surface area contributed by atoms with Crippen LogP contribution in [0.3, 0.4) is 0 Å². The molecule has 0 aromatic carbocycles. The van der Waals surface area contributed by atoms with Crippen molar-refractivity contribution in [3.05, 3.63) is 34.2 Å². The minimum Gasteiger partial charge on any atom is -0.350 e. The molecule has 4 nitrogen and oxygen atoms in total. The molecule has 1 aromatic heterocycles. The zero-order valence-electron chi connectivity index (χ0n) is 10.7. The number of hydrogen-bond donors (Lipinski definition) is 2. The van der Waals surface area contributed by atoms with E-state index in [-0.39, 0.29) is 11.5 Å². The molecule has 1 heterocycles. The topological polar surface area (TPSA) is 62.0 Å². The molecule has 0 bridgehead atoms. The molecule has 18 heavy (non-hydrogen) atoms. The first-order valence-electron chi connectivity index (χ1n) is 6.62. The quantitative estimate of drug-likeness (QED) is 0.858. The molecule has 2 rings (SSSR count). The Bertz CT molecular complexity index is 459. The molecule has 1 aromatic rings. The molecule has 0 radical (unpaired) electrons. The Kier molecular flexibility index (Phi) is 4.18. The van der Waals surface area contributed by atoms with Gasteiger partial charge in [-0.2, -0.15) is 0 Å². The average Bonchev–Trinajstić information content (AvgIpc) is 2.38. The van der Waals surface area contributed by atoms with Gasteiger partial charge in [-0.25, -0.2) is 0 Å². The maximum atomic E-state index is 11.8. The van der Waals surface area contributed by atoms with E-state index in [1.807, 2.05) is 0 Å². The average molecular weight is 248 g/mol. The van der Waals surface area contributed by atoms with Crippen LogP contribution in [0.4, 0.5) is 0 Å². The Labute approximate surface area is 107 Å². The Morgan fingerprint density at radius 2 is 2.06 bits per heavy atom. The van der Waals surface area contributed by atoms with E-state index in [0.717, 1.165) is 5.92 Å². The van der Waals surface area contributed by atoms with Crippen molar-refractivity contribution < 1.29 is 4.79 Å². The summed E-state index contributed by atoms with van der Waals surface area (Å²) in [5.41, 5.74) is 0.0980. The van der Waals surface area contributed by atoms with Crippen molar-refractivity contribution in [3.63, 3.8) is 0 Å². The summed E-state index contributed by atoms with van der Waals surface area (Å²) in [7, 11) is 0. The van der Waals surface area contributed by atoms with E-state index in [4.69, 9.17) is 0 Å². The van der Waals surface area contributed by atoms with Gasteiger partial charge in [0.25, 0.3) is 5.91 Å². The van der Waals surface area contributed by atoms with Crippen LogP contribution >= 0.6 is 0 Å². The van der Waals surface area contributed by atoms with Crippen molar-refractivity contribution in [2.45, 2.75) is 32.6 Å². The van der Waals surface area contributed by atoms with Crippen LogP contribution in [0, 0.1) is 11.8 Å². The van der Waals surface area contributed by atoms with Crippen molar-refractivity contribution in [2.75, 3.05) is 6.54 Å². The summed E-state index contributed by atoms with van der Waals surface area (Å²) in [5.74, 6) is 1.22. The molecule has 0 spiro atoms. The van der Waals surface area contributed by atoms with Crippen molar-refractivity contribution >= 4 is 5.91 Å². The van der Waals surface area contributed by atoms with E-state index in [2.05, 4.69) is 17.2 Å². The Morgan fingerprint density at radius 1 is 1.33 bits per heavy atom.